The lowest BCUT2D eigenvalue weighted by Crippen LogP contribution is -2.28. The Morgan fingerprint density at radius 1 is 1.29 bits per heavy atom. The molecule has 6 heteroatoms. The zero-order valence-corrected chi connectivity index (χ0v) is 14.1. The molecule has 0 saturated carbocycles. The van der Waals surface area contributed by atoms with Gasteiger partial charge in [-0.1, -0.05) is 35.9 Å². The molecule has 1 aliphatic heterocycles. The quantitative estimate of drug-likeness (QED) is 0.928. The summed E-state index contributed by atoms with van der Waals surface area (Å²) in [6.07, 6.45) is 0.210. The molecule has 1 saturated heterocycles. The summed E-state index contributed by atoms with van der Waals surface area (Å²) in [4.78, 5) is 30.5. The number of rotatable bonds is 4. The first-order valence-corrected chi connectivity index (χ1v) is 8.16. The zero-order valence-electron chi connectivity index (χ0n) is 13.3. The number of nitrogens with zero attached hydrogens (tertiary/aromatic N) is 2. The normalized spacial score (nSPS) is 17.2. The number of benzene rings is 1. The Balaban J connectivity index is 1.64. The van der Waals surface area contributed by atoms with Crippen LogP contribution in [0.2, 0.25) is 5.02 Å². The Hall–Kier alpha value is -2.40. The number of hydrogen-bond donors (Lipinski definition) is 1. The van der Waals surface area contributed by atoms with Crippen LogP contribution in [0.1, 0.15) is 17.7 Å². The number of carbonyl (C=O) groups excluding carboxylic acids is 2. The van der Waals surface area contributed by atoms with Gasteiger partial charge in [0.2, 0.25) is 11.8 Å². The predicted molar refractivity (Wildman–Crippen MR) is 92.6 cm³/mol. The molecular formula is C18H18ClN3O2. The Kier molecular flexibility index (Phi) is 4.81. The second-order valence-corrected chi connectivity index (χ2v) is 6.33. The summed E-state index contributed by atoms with van der Waals surface area (Å²) < 4.78 is 0. The number of anilines is 1. The number of aromatic nitrogens is 1. The Bertz CT molecular complexity index is 778. The third kappa shape index (κ3) is 3.74. The lowest BCUT2D eigenvalue weighted by molar-refractivity contribution is -0.128. The first-order chi connectivity index (χ1) is 11.5. The van der Waals surface area contributed by atoms with E-state index in [1.165, 1.54) is 0 Å². The van der Waals surface area contributed by atoms with Crippen molar-refractivity contribution in [2.24, 2.45) is 5.92 Å². The average Bonchev–Trinajstić information content (AvgIpc) is 2.91. The number of hydrogen-bond acceptors (Lipinski definition) is 3. The Labute approximate surface area is 145 Å². The van der Waals surface area contributed by atoms with E-state index in [-0.39, 0.29) is 24.2 Å². The van der Waals surface area contributed by atoms with Gasteiger partial charge in [-0.15, -0.1) is 0 Å². The van der Waals surface area contributed by atoms with Gasteiger partial charge in [-0.3, -0.25) is 9.59 Å². The standard InChI is InChI=1S/C18H18ClN3O2/c1-12-5-4-8-16(20-12)21-18(24)14-9-17(23)22(11-14)10-13-6-2-3-7-15(13)19/h2-8,14H,9-11H2,1H3,(H,20,21,24)/t14-/m1/s1. The number of aryl methyl sites for hydroxylation is 1. The maximum atomic E-state index is 12.4. The van der Waals surface area contributed by atoms with Crippen LogP contribution in [0.25, 0.3) is 0 Å². The van der Waals surface area contributed by atoms with Crippen molar-refractivity contribution in [3.05, 3.63) is 58.7 Å². The molecule has 24 heavy (non-hydrogen) atoms. The van der Waals surface area contributed by atoms with Gasteiger partial charge in [0.15, 0.2) is 0 Å². The summed E-state index contributed by atoms with van der Waals surface area (Å²) in [5.41, 5.74) is 1.71. The van der Waals surface area contributed by atoms with Gasteiger partial charge in [0.25, 0.3) is 0 Å². The van der Waals surface area contributed by atoms with E-state index < -0.39 is 0 Å². The first kappa shape index (κ1) is 16.5. The molecule has 1 aromatic carbocycles. The van der Waals surface area contributed by atoms with E-state index >= 15 is 0 Å². The fraction of sp³-hybridized carbons (Fsp3) is 0.278. The topological polar surface area (TPSA) is 62.3 Å². The van der Waals surface area contributed by atoms with Crippen molar-refractivity contribution in [2.75, 3.05) is 11.9 Å². The summed E-state index contributed by atoms with van der Waals surface area (Å²) in [6.45, 7) is 2.67. The molecule has 0 bridgehead atoms. The fourth-order valence-electron chi connectivity index (χ4n) is 2.77. The maximum absolute atomic E-state index is 12.4. The summed E-state index contributed by atoms with van der Waals surface area (Å²) in [5.74, 6) is -0.0744. The second-order valence-electron chi connectivity index (χ2n) is 5.92. The number of amides is 2. The van der Waals surface area contributed by atoms with Crippen molar-refractivity contribution in [3.63, 3.8) is 0 Å². The van der Waals surface area contributed by atoms with Crippen LogP contribution in [-0.4, -0.2) is 28.2 Å². The van der Waals surface area contributed by atoms with Crippen molar-refractivity contribution in [2.45, 2.75) is 19.9 Å². The van der Waals surface area contributed by atoms with Gasteiger partial charge in [-0.05, 0) is 30.7 Å². The SMILES string of the molecule is Cc1cccc(NC(=O)[C@@H]2CC(=O)N(Cc3ccccc3Cl)C2)n1. The number of halogens is 1. The Morgan fingerprint density at radius 2 is 2.08 bits per heavy atom. The molecule has 2 aromatic rings. The zero-order chi connectivity index (χ0) is 17.1. The molecule has 2 heterocycles. The van der Waals surface area contributed by atoms with Crippen molar-refractivity contribution in [1.29, 1.82) is 0 Å². The van der Waals surface area contributed by atoms with Gasteiger partial charge < -0.3 is 10.2 Å². The van der Waals surface area contributed by atoms with Crippen LogP contribution in [0.3, 0.4) is 0 Å². The van der Waals surface area contributed by atoms with E-state index in [2.05, 4.69) is 10.3 Å². The number of pyridine rings is 1. The smallest absolute Gasteiger partial charge is 0.230 e. The molecule has 0 radical (unpaired) electrons. The maximum Gasteiger partial charge on any atom is 0.230 e. The van der Waals surface area contributed by atoms with Crippen LogP contribution in [0.4, 0.5) is 5.82 Å². The lowest BCUT2D eigenvalue weighted by Gasteiger charge is -2.17. The predicted octanol–water partition coefficient (Wildman–Crippen LogP) is 3.03. The fourth-order valence-corrected chi connectivity index (χ4v) is 2.97. The molecule has 1 aliphatic rings. The highest BCUT2D eigenvalue weighted by Gasteiger charge is 2.34. The molecule has 124 valence electrons. The number of nitrogens with one attached hydrogen (secondary N) is 1. The summed E-state index contributed by atoms with van der Waals surface area (Å²) in [6, 6.07) is 12.9. The number of carbonyl (C=O) groups is 2. The van der Waals surface area contributed by atoms with Crippen LogP contribution in [0.15, 0.2) is 42.5 Å². The average molecular weight is 344 g/mol. The van der Waals surface area contributed by atoms with E-state index in [0.717, 1.165) is 11.3 Å². The van der Waals surface area contributed by atoms with E-state index in [1.54, 1.807) is 17.0 Å². The third-order valence-corrected chi connectivity index (χ3v) is 4.41. The molecule has 1 aromatic heterocycles. The molecule has 2 amide bonds. The molecule has 3 rings (SSSR count). The molecule has 0 spiro atoms. The van der Waals surface area contributed by atoms with Gasteiger partial charge in [0, 0.05) is 30.2 Å². The highest BCUT2D eigenvalue weighted by molar-refractivity contribution is 6.31. The van der Waals surface area contributed by atoms with Crippen LogP contribution >= 0.6 is 11.6 Å². The highest BCUT2D eigenvalue weighted by atomic mass is 35.5. The third-order valence-electron chi connectivity index (χ3n) is 4.04. The molecule has 1 fully saturated rings. The van der Waals surface area contributed by atoms with Crippen LogP contribution in [0.5, 0.6) is 0 Å². The van der Waals surface area contributed by atoms with Crippen LogP contribution < -0.4 is 5.32 Å². The van der Waals surface area contributed by atoms with E-state index in [1.807, 2.05) is 37.3 Å². The molecule has 0 aliphatic carbocycles. The van der Waals surface area contributed by atoms with Crippen molar-refractivity contribution in [3.8, 4) is 0 Å². The van der Waals surface area contributed by atoms with Crippen LogP contribution in [0, 0.1) is 12.8 Å². The largest absolute Gasteiger partial charge is 0.337 e. The van der Waals surface area contributed by atoms with Gasteiger partial charge in [-0.25, -0.2) is 4.98 Å². The summed E-state index contributed by atoms with van der Waals surface area (Å²) >= 11 is 6.15. The highest BCUT2D eigenvalue weighted by Crippen LogP contribution is 2.24. The van der Waals surface area contributed by atoms with Crippen molar-refractivity contribution in [1.82, 2.24) is 9.88 Å². The Morgan fingerprint density at radius 3 is 2.83 bits per heavy atom. The minimum atomic E-state index is -0.373. The van der Waals surface area contributed by atoms with Crippen LogP contribution in [-0.2, 0) is 16.1 Å². The van der Waals surface area contributed by atoms with Gasteiger partial charge in [0.05, 0.1) is 5.92 Å². The molecule has 0 unspecified atom stereocenters. The minimum Gasteiger partial charge on any atom is -0.337 e. The summed E-state index contributed by atoms with van der Waals surface area (Å²) in [7, 11) is 0. The lowest BCUT2D eigenvalue weighted by atomic mass is 10.1. The molecule has 1 atom stereocenters. The monoisotopic (exact) mass is 343 g/mol. The minimum absolute atomic E-state index is 0.0349. The first-order valence-electron chi connectivity index (χ1n) is 7.78. The number of likely N-dealkylation sites (tertiary alicyclic amines) is 1. The van der Waals surface area contributed by atoms with Gasteiger partial charge >= 0.3 is 0 Å². The van der Waals surface area contributed by atoms with E-state index in [4.69, 9.17) is 11.6 Å². The van der Waals surface area contributed by atoms with Gasteiger partial charge in [0.1, 0.15) is 5.82 Å². The van der Waals surface area contributed by atoms with E-state index in [9.17, 15) is 9.59 Å². The van der Waals surface area contributed by atoms with Gasteiger partial charge in [-0.2, -0.15) is 0 Å². The molecular weight excluding hydrogens is 326 g/mol. The van der Waals surface area contributed by atoms with Crippen molar-refractivity contribution >= 4 is 29.2 Å². The molecule has 5 nitrogen and oxygen atoms in total. The van der Waals surface area contributed by atoms with Crippen molar-refractivity contribution < 1.29 is 9.59 Å². The molecule has 1 N–H and O–H groups in total. The second kappa shape index (κ2) is 7.01. The summed E-state index contributed by atoms with van der Waals surface area (Å²) in [5, 5.41) is 3.41. The van der Waals surface area contributed by atoms with E-state index in [0.29, 0.717) is 23.9 Å².